The number of halogens is 3. The SMILES string of the molecule is Cc1cc(OC(F)F)c(C#N)cc1Cl. The summed E-state index contributed by atoms with van der Waals surface area (Å²) >= 11 is 5.71. The van der Waals surface area contributed by atoms with Crippen molar-refractivity contribution in [2.75, 3.05) is 0 Å². The van der Waals surface area contributed by atoms with Crippen LogP contribution in [0.2, 0.25) is 5.02 Å². The van der Waals surface area contributed by atoms with Crippen molar-refractivity contribution in [3.05, 3.63) is 28.3 Å². The van der Waals surface area contributed by atoms with Gasteiger partial charge in [0.1, 0.15) is 11.8 Å². The van der Waals surface area contributed by atoms with Gasteiger partial charge < -0.3 is 4.74 Å². The fraction of sp³-hybridized carbons (Fsp3) is 0.222. The Morgan fingerprint density at radius 1 is 1.50 bits per heavy atom. The molecule has 0 amide bonds. The van der Waals surface area contributed by atoms with Gasteiger partial charge >= 0.3 is 6.61 Å². The average Bonchev–Trinajstić information content (AvgIpc) is 2.10. The molecule has 1 aromatic carbocycles. The lowest BCUT2D eigenvalue weighted by atomic mass is 10.1. The zero-order valence-corrected chi connectivity index (χ0v) is 7.98. The molecule has 0 heterocycles. The molecule has 0 bridgehead atoms. The number of nitriles is 1. The van der Waals surface area contributed by atoms with Crippen molar-refractivity contribution < 1.29 is 13.5 Å². The van der Waals surface area contributed by atoms with Crippen LogP contribution in [0.1, 0.15) is 11.1 Å². The zero-order chi connectivity index (χ0) is 10.7. The largest absolute Gasteiger partial charge is 0.433 e. The van der Waals surface area contributed by atoms with Crippen LogP contribution in [0.3, 0.4) is 0 Å². The third kappa shape index (κ3) is 2.33. The molecule has 0 N–H and O–H groups in total. The van der Waals surface area contributed by atoms with Crippen molar-refractivity contribution in [1.29, 1.82) is 5.26 Å². The van der Waals surface area contributed by atoms with Crippen molar-refractivity contribution in [3.63, 3.8) is 0 Å². The number of benzene rings is 1. The van der Waals surface area contributed by atoms with E-state index in [0.717, 1.165) is 0 Å². The van der Waals surface area contributed by atoms with E-state index in [0.29, 0.717) is 10.6 Å². The first-order valence-electron chi connectivity index (χ1n) is 3.69. The first-order valence-corrected chi connectivity index (χ1v) is 4.07. The Morgan fingerprint density at radius 2 is 2.14 bits per heavy atom. The molecule has 0 radical (unpaired) electrons. The van der Waals surface area contributed by atoms with Crippen LogP contribution in [-0.2, 0) is 0 Å². The quantitative estimate of drug-likeness (QED) is 0.763. The van der Waals surface area contributed by atoms with Crippen molar-refractivity contribution in [2.24, 2.45) is 0 Å². The molecule has 0 spiro atoms. The van der Waals surface area contributed by atoms with Crippen molar-refractivity contribution in [3.8, 4) is 11.8 Å². The molecule has 0 aliphatic carbocycles. The highest BCUT2D eigenvalue weighted by Gasteiger charge is 2.11. The van der Waals surface area contributed by atoms with Gasteiger partial charge in [0.2, 0.25) is 0 Å². The highest BCUT2D eigenvalue weighted by Crippen LogP contribution is 2.27. The number of ether oxygens (including phenoxy) is 1. The maximum absolute atomic E-state index is 11.9. The molecule has 1 aromatic rings. The van der Waals surface area contributed by atoms with Crippen LogP contribution in [0.15, 0.2) is 12.1 Å². The highest BCUT2D eigenvalue weighted by molar-refractivity contribution is 6.31. The number of rotatable bonds is 2. The summed E-state index contributed by atoms with van der Waals surface area (Å²) in [5.74, 6) is -0.149. The van der Waals surface area contributed by atoms with Crippen LogP contribution in [-0.4, -0.2) is 6.61 Å². The second-order valence-corrected chi connectivity index (χ2v) is 3.00. The van der Waals surface area contributed by atoms with Crippen molar-refractivity contribution >= 4 is 11.6 Å². The normalized spacial score (nSPS) is 10.0. The predicted octanol–water partition coefficient (Wildman–Crippen LogP) is 3.12. The highest BCUT2D eigenvalue weighted by atomic mass is 35.5. The van der Waals surface area contributed by atoms with E-state index in [-0.39, 0.29) is 11.3 Å². The number of nitrogens with zero attached hydrogens (tertiary/aromatic N) is 1. The summed E-state index contributed by atoms with van der Waals surface area (Å²) in [6.45, 7) is -1.30. The lowest BCUT2D eigenvalue weighted by molar-refractivity contribution is -0.0500. The monoisotopic (exact) mass is 217 g/mol. The van der Waals surface area contributed by atoms with E-state index in [9.17, 15) is 8.78 Å². The van der Waals surface area contributed by atoms with Crippen LogP contribution < -0.4 is 4.74 Å². The number of alkyl halides is 2. The fourth-order valence-corrected chi connectivity index (χ4v) is 1.10. The van der Waals surface area contributed by atoms with E-state index in [1.54, 1.807) is 13.0 Å². The summed E-state index contributed by atoms with van der Waals surface area (Å²) in [7, 11) is 0. The van der Waals surface area contributed by atoms with Gasteiger partial charge in [0.05, 0.1) is 5.56 Å². The predicted molar refractivity (Wildman–Crippen MR) is 47.5 cm³/mol. The molecule has 0 aromatic heterocycles. The van der Waals surface area contributed by atoms with Gasteiger partial charge in [-0.3, -0.25) is 0 Å². The van der Waals surface area contributed by atoms with Gasteiger partial charge in [-0.2, -0.15) is 14.0 Å². The number of hydrogen-bond donors (Lipinski definition) is 0. The Kier molecular flexibility index (Phi) is 3.26. The molecule has 0 atom stereocenters. The standard InChI is InChI=1S/C9H6ClF2NO/c1-5-2-8(14-9(11)12)6(4-13)3-7(5)10/h2-3,9H,1H3. The molecule has 74 valence electrons. The van der Waals surface area contributed by atoms with E-state index in [1.807, 2.05) is 0 Å². The Balaban J connectivity index is 3.15. The Hall–Kier alpha value is -1.34. The fourth-order valence-electron chi connectivity index (χ4n) is 0.936. The summed E-state index contributed by atoms with van der Waals surface area (Å²) in [4.78, 5) is 0. The van der Waals surface area contributed by atoms with Gasteiger partial charge in [0.25, 0.3) is 0 Å². The molecule has 1 rings (SSSR count). The number of hydrogen-bond acceptors (Lipinski definition) is 2. The molecular formula is C9H6ClF2NO. The third-order valence-electron chi connectivity index (χ3n) is 1.60. The minimum atomic E-state index is -2.94. The Bertz CT molecular complexity index is 387. The summed E-state index contributed by atoms with van der Waals surface area (Å²) in [6, 6.07) is 4.34. The zero-order valence-electron chi connectivity index (χ0n) is 7.22. The van der Waals surface area contributed by atoms with E-state index in [1.165, 1.54) is 12.1 Å². The van der Waals surface area contributed by atoms with Crippen molar-refractivity contribution in [2.45, 2.75) is 13.5 Å². The van der Waals surface area contributed by atoms with Crippen LogP contribution in [0, 0.1) is 18.3 Å². The van der Waals surface area contributed by atoms with Crippen molar-refractivity contribution in [1.82, 2.24) is 0 Å². The third-order valence-corrected chi connectivity index (χ3v) is 2.00. The average molecular weight is 218 g/mol. The molecule has 0 fully saturated rings. The lowest BCUT2D eigenvalue weighted by Crippen LogP contribution is -2.03. The molecule has 5 heteroatoms. The smallest absolute Gasteiger partial charge is 0.387 e. The molecule has 0 unspecified atom stereocenters. The first-order chi connectivity index (χ1) is 6.54. The van der Waals surface area contributed by atoms with Gasteiger partial charge in [0.15, 0.2) is 0 Å². The van der Waals surface area contributed by atoms with E-state index in [2.05, 4.69) is 4.74 Å². The first kappa shape index (κ1) is 10.7. The van der Waals surface area contributed by atoms with Crippen LogP contribution in [0.25, 0.3) is 0 Å². The summed E-state index contributed by atoms with van der Waals surface area (Å²) in [6.07, 6.45) is 0. The molecule has 0 aliphatic heterocycles. The minimum absolute atomic E-state index is 0.000833. The van der Waals surface area contributed by atoms with Gasteiger partial charge in [-0.05, 0) is 24.6 Å². The maximum atomic E-state index is 11.9. The maximum Gasteiger partial charge on any atom is 0.387 e. The van der Waals surface area contributed by atoms with E-state index in [4.69, 9.17) is 16.9 Å². The molecule has 14 heavy (non-hydrogen) atoms. The molecule has 0 aliphatic rings. The summed E-state index contributed by atoms with van der Waals surface area (Å²) in [5.41, 5.74) is 0.585. The van der Waals surface area contributed by atoms with E-state index >= 15 is 0 Å². The Morgan fingerprint density at radius 3 is 2.64 bits per heavy atom. The van der Waals surface area contributed by atoms with Gasteiger partial charge in [-0.25, -0.2) is 0 Å². The van der Waals surface area contributed by atoms with Crippen LogP contribution >= 0.6 is 11.6 Å². The van der Waals surface area contributed by atoms with Gasteiger partial charge in [-0.1, -0.05) is 11.6 Å². The van der Waals surface area contributed by atoms with E-state index < -0.39 is 6.61 Å². The second kappa shape index (κ2) is 4.25. The van der Waals surface area contributed by atoms with Gasteiger partial charge in [-0.15, -0.1) is 0 Å². The van der Waals surface area contributed by atoms with Crippen LogP contribution in [0.4, 0.5) is 8.78 Å². The molecule has 2 nitrogen and oxygen atoms in total. The lowest BCUT2D eigenvalue weighted by Gasteiger charge is -2.07. The summed E-state index contributed by atoms with van der Waals surface area (Å²) < 4.78 is 28.0. The number of aryl methyl sites for hydroxylation is 1. The topological polar surface area (TPSA) is 33.0 Å². The molecule has 0 saturated heterocycles. The van der Waals surface area contributed by atoms with Gasteiger partial charge in [0, 0.05) is 5.02 Å². The molecule has 0 saturated carbocycles. The molecular weight excluding hydrogens is 212 g/mol. The summed E-state index contributed by atoms with van der Waals surface area (Å²) in [5, 5.41) is 8.96. The Labute approximate surface area is 84.7 Å². The second-order valence-electron chi connectivity index (χ2n) is 2.59. The van der Waals surface area contributed by atoms with Crippen LogP contribution in [0.5, 0.6) is 5.75 Å². The minimum Gasteiger partial charge on any atom is -0.433 e.